The molecule has 1 aromatic heterocycles. The number of aromatic nitrogens is 2. The van der Waals surface area contributed by atoms with Gasteiger partial charge in [0.25, 0.3) is 0 Å². The van der Waals surface area contributed by atoms with Gasteiger partial charge in [-0.25, -0.2) is 4.98 Å². The highest BCUT2D eigenvalue weighted by molar-refractivity contribution is 5.70. The molecule has 5 heteroatoms. The lowest BCUT2D eigenvalue weighted by molar-refractivity contribution is -0.143. The van der Waals surface area contributed by atoms with Crippen LogP contribution < -0.4 is 4.74 Å². The summed E-state index contributed by atoms with van der Waals surface area (Å²) in [6.07, 6.45) is 7.73. The molecule has 0 spiro atoms. The van der Waals surface area contributed by atoms with Gasteiger partial charge >= 0.3 is 5.97 Å². The third-order valence-electron chi connectivity index (χ3n) is 2.85. The normalized spacial score (nSPS) is 25.0. The van der Waals surface area contributed by atoms with Crippen LogP contribution >= 0.6 is 0 Å². The maximum absolute atomic E-state index is 10.8. The fourth-order valence-electron chi connectivity index (χ4n) is 1.94. The van der Waals surface area contributed by atoms with Crippen LogP contribution in [-0.4, -0.2) is 27.1 Å². The predicted octanol–water partition coefficient (Wildman–Crippen LogP) is 1.50. The van der Waals surface area contributed by atoms with Crippen LogP contribution in [0.3, 0.4) is 0 Å². The fourth-order valence-corrected chi connectivity index (χ4v) is 1.94. The second-order valence-corrected chi connectivity index (χ2v) is 3.97. The molecule has 1 N–H and O–H groups in total. The van der Waals surface area contributed by atoms with E-state index < -0.39 is 5.97 Å². The van der Waals surface area contributed by atoms with Gasteiger partial charge in [-0.3, -0.25) is 9.78 Å². The van der Waals surface area contributed by atoms with Crippen LogP contribution in [0.4, 0.5) is 0 Å². The summed E-state index contributed by atoms with van der Waals surface area (Å²) in [5.74, 6) is -0.388. The maximum atomic E-state index is 10.8. The second-order valence-electron chi connectivity index (χ2n) is 3.97. The summed E-state index contributed by atoms with van der Waals surface area (Å²) in [7, 11) is 0. The van der Waals surface area contributed by atoms with E-state index >= 15 is 0 Å². The van der Waals surface area contributed by atoms with Crippen molar-refractivity contribution in [2.75, 3.05) is 0 Å². The largest absolute Gasteiger partial charge is 0.481 e. The fraction of sp³-hybridized carbons (Fsp3) is 0.545. The summed E-state index contributed by atoms with van der Waals surface area (Å²) in [4.78, 5) is 18.7. The molecule has 0 amide bonds. The standard InChI is InChI=1S/C11H14N2O3/c14-11(15)8-1-3-9(4-2-8)16-10-7-12-5-6-13-10/h5-9H,1-4H2,(H,14,15). The first-order valence-corrected chi connectivity index (χ1v) is 5.41. The minimum Gasteiger partial charge on any atom is -0.481 e. The van der Waals surface area contributed by atoms with Crippen molar-refractivity contribution in [3.05, 3.63) is 18.6 Å². The molecule has 0 aliphatic heterocycles. The molecule has 0 atom stereocenters. The number of rotatable bonds is 3. The van der Waals surface area contributed by atoms with Crippen molar-refractivity contribution in [2.24, 2.45) is 5.92 Å². The molecule has 2 rings (SSSR count). The van der Waals surface area contributed by atoms with Crippen LogP contribution in [0.5, 0.6) is 5.88 Å². The summed E-state index contributed by atoms with van der Waals surface area (Å²) in [5, 5.41) is 8.85. The maximum Gasteiger partial charge on any atom is 0.306 e. The van der Waals surface area contributed by atoms with Crippen molar-refractivity contribution in [1.29, 1.82) is 0 Å². The van der Waals surface area contributed by atoms with Crippen molar-refractivity contribution in [3.63, 3.8) is 0 Å². The molecule has 0 aromatic carbocycles. The number of carbonyl (C=O) groups is 1. The van der Waals surface area contributed by atoms with E-state index in [1.165, 1.54) is 0 Å². The van der Waals surface area contributed by atoms with Crippen LogP contribution in [0, 0.1) is 5.92 Å². The summed E-state index contributed by atoms with van der Waals surface area (Å²) in [6, 6.07) is 0. The second kappa shape index (κ2) is 4.92. The van der Waals surface area contributed by atoms with Crippen molar-refractivity contribution in [1.82, 2.24) is 9.97 Å². The Morgan fingerprint density at radius 1 is 1.31 bits per heavy atom. The molecule has 0 bridgehead atoms. The van der Waals surface area contributed by atoms with Gasteiger partial charge in [-0.05, 0) is 25.7 Å². The number of hydrogen-bond acceptors (Lipinski definition) is 4. The van der Waals surface area contributed by atoms with Gasteiger partial charge in [0.15, 0.2) is 0 Å². The van der Waals surface area contributed by atoms with Crippen LogP contribution in [0.25, 0.3) is 0 Å². The number of hydrogen-bond donors (Lipinski definition) is 1. The van der Waals surface area contributed by atoms with Gasteiger partial charge in [0, 0.05) is 12.4 Å². The molecule has 0 radical (unpaired) electrons. The Hall–Kier alpha value is -1.65. The molecule has 1 aliphatic carbocycles. The molecule has 1 saturated carbocycles. The van der Waals surface area contributed by atoms with Crippen LogP contribution in [-0.2, 0) is 4.79 Å². The Balaban J connectivity index is 1.84. The predicted molar refractivity (Wildman–Crippen MR) is 56.0 cm³/mol. The first kappa shape index (κ1) is 10.9. The number of aliphatic carboxylic acids is 1. The van der Waals surface area contributed by atoms with Gasteiger partial charge in [-0.2, -0.15) is 0 Å². The van der Waals surface area contributed by atoms with Gasteiger partial charge in [-0.15, -0.1) is 0 Å². The average molecular weight is 222 g/mol. The van der Waals surface area contributed by atoms with E-state index in [9.17, 15) is 4.79 Å². The topological polar surface area (TPSA) is 72.3 Å². The smallest absolute Gasteiger partial charge is 0.306 e. The summed E-state index contributed by atoms with van der Waals surface area (Å²) in [5.41, 5.74) is 0. The molecule has 16 heavy (non-hydrogen) atoms. The lowest BCUT2D eigenvalue weighted by Gasteiger charge is -2.26. The Bertz CT molecular complexity index is 348. The summed E-state index contributed by atoms with van der Waals surface area (Å²) < 4.78 is 5.62. The SMILES string of the molecule is O=C(O)C1CCC(Oc2cnccn2)CC1. The zero-order chi connectivity index (χ0) is 11.4. The highest BCUT2D eigenvalue weighted by atomic mass is 16.5. The Kier molecular flexibility index (Phi) is 3.34. The minimum atomic E-state index is -0.696. The number of ether oxygens (including phenoxy) is 1. The molecule has 0 saturated heterocycles. The lowest BCUT2D eigenvalue weighted by atomic mass is 9.87. The van der Waals surface area contributed by atoms with Gasteiger partial charge in [-0.1, -0.05) is 0 Å². The Morgan fingerprint density at radius 3 is 2.62 bits per heavy atom. The first-order chi connectivity index (χ1) is 7.75. The Labute approximate surface area is 93.5 Å². The van der Waals surface area contributed by atoms with Gasteiger partial charge in [0.1, 0.15) is 6.10 Å². The number of nitrogens with zero attached hydrogens (tertiary/aromatic N) is 2. The summed E-state index contributed by atoms with van der Waals surface area (Å²) >= 11 is 0. The van der Waals surface area contributed by atoms with E-state index in [0.29, 0.717) is 18.7 Å². The van der Waals surface area contributed by atoms with Crippen molar-refractivity contribution < 1.29 is 14.6 Å². The average Bonchev–Trinajstić information content (AvgIpc) is 2.31. The van der Waals surface area contributed by atoms with Crippen LogP contribution in [0.1, 0.15) is 25.7 Å². The van der Waals surface area contributed by atoms with Gasteiger partial charge in [0.05, 0.1) is 12.1 Å². The monoisotopic (exact) mass is 222 g/mol. The van der Waals surface area contributed by atoms with E-state index in [1.54, 1.807) is 18.6 Å². The van der Waals surface area contributed by atoms with Crippen LogP contribution in [0.2, 0.25) is 0 Å². The molecular weight excluding hydrogens is 208 g/mol. The van der Waals surface area contributed by atoms with Crippen molar-refractivity contribution >= 4 is 5.97 Å². The van der Waals surface area contributed by atoms with E-state index in [2.05, 4.69) is 9.97 Å². The van der Waals surface area contributed by atoms with E-state index in [0.717, 1.165) is 12.8 Å². The zero-order valence-corrected chi connectivity index (χ0v) is 8.87. The molecule has 0 unspecified atom stereocenters. The van der Waals surface area contributed by atoms with E-state index in [1.807, 2.05) is 0 Å². The molecule has 1 fully saturated rings. The van der Waals surface area contributed by atoms with Gasteiger partial charge < -0.3 is 9.84 Å². The number of carboxylic acid groups (broad SMARTS) is 1. The molecule has 86 valence electrons. The van der Waals surface area contributed by atoms with Crippen molar-refractivity contribution in [3.8, 4) is 5.88 Å². The third-order valence-corrected chi connectivity index (χ3v) is 2.85. The minimum absolute atomic E-state index is 0.0762. The Morgan fingerprint density at radius 2 is 2.06 bits per heavy atom. The molecule has 5 nitrogen and oxygen atoms in total. The zero-order valence-electron chi connectivity index (χ0n) is 8.87. The van der Waals surface area contributed by atoms with E-state index in [-0.39, 0.29) is 12.0 Å². The van der Waals surface area contributed by atoms with E-state index in [4.69, 9.17) is 9.84 Å². The van der Waals surface area contributed by atoms with Gasteiger partial charge in [0.2, 0.25) is 5.88 Å². The quantitative estimate of drug-likeness (QED) is 0.839. The third kappa shape index (κ3) is 2.68. The highest BCUT2D eigenvalue weighted by Crippen LogP contribution is 2.26. The number of carboxylic acids is 1. The summed E-state index contributed by atoms with van der Waals surface area (Å²) in [6.45, 7) is 0. The molecule has 1 aliphatic rings. The first-order valence-electron chi connectivity index (χ1n) is 5.41. The molecular formula is C11H14N2O3. The lowest BCUT2D eigenvalue weighted by Crippen LogP contribution is -2.28. The molecule has 1 aromatic rings. The molecule has 1 heterocycles. The van der Waals surface area contributed by atoms with Crippen LogP contribution in [0.15, 0.2) is 18.6 Å². The van der Waals surface area contributed by atoms with Crippen molar-refractivity contribution in [2.45, 2.75) is 31.8 Å². The highest BCUT2D eigenvalue weighted by Gasteiger charge is 2.26.